The Kier molecular flexibility index (Phi) is 4.50. The molecule has 0 spiro atoms. The Labute approximate surface area is 178 Å². The highest BCUT2D eigenvalue weighted by molar-refractivity contribution is 5.75. The molecule has 0 amide bonds. The van der Waals surface area contributed by atoms with Gasteiger partial charge in [0.1, 0.15) is 17.5 Å². The Hall–Kier alpha value is -4.01. The van der Waals surface area contributed by atoms with Gasteiger partial charge in [-0.1, -0.05) is 43.2 Å². The predicted molar refractivity (Wildman–Crippen MR) is 116 cm³/mol. The van der Waals surface area contributed by atoms with Gasteiger partial charge < -0.3 is 10.1 Å². The topological polar surface area (TPSA) is 111 Å². The van der Waals surface area contributed by atoms with Gasteiger partial charge in [0.15, 0.2) is 0 Å². The molecule has 9 heteroatoms. The molecule has 2 aromatic carbocycles. The zero-order chi connectivity index (χ0) is 21.5. The third kappa shape index (κ3) is 3.14. The van der Waals surface area contributed by atoms with Gasteiger partial charge in [-0.3, -0.25) is 4.79 Å². The molecule has 0 saturated heterocycles. The average Bonchev–Trinajstić information content (AvgIpc) is 3.27. The van der Waals surface area contributed by atoms with E-state index in [0.717, 1.165) is 16.9 Å². The van der Waals surface area contributed by atoms with Crippen molar-refractivity contribution in [3.05, 3.63) is 75.6 Å². The Balaban J connectivity index is 1.74. The quantitative estimate of drug-likeness (QED) is 0.463. The molecule has 1 aliphatic heterocycles. The van der Waals surface area contributed by atoms with Crippen LogP contribution in [0.1, 0.15) is 42.5 Å². The van der Waals surface area contributed by atoms with E-state index in [2.05, 4.69) is 69.2 Å². The number of nitrogens with zero attached hydrogens (tertiary/aromatic N) is 5. The molecule has 3 heterocycles. The Morgan fingerprint density at radius 1 is 1.06 bits per heavy atom. The molecule has 2 N–H and O–H groups in total. The summed E-state index contributed by atoms with van der Waals surface area (Å²) in [5.74, 6) is 1.56. The molecule has 5 rings (SSSR count). The lowest BCUT2D eigenvalue weighted by Crippen LogP contribution is -2.29. The normalized spacial score (nSPS) is 14.6. The van der Waals surface area contributed by atoms with Crippen molar-refractivity contribution in [2.75, 3.05) is 12.4 Å². The SMILES string of the molecule is COc1ccc(-c2n[nH]c(=O)c3c2[C@H](c2ccc(C(C)C)cc2)n2nnnc2N3)cc1. The summed E-state index contributed by atoms with van der Waals surface area (Å²) in [5, 5.41) is 22.1. The summed E-state index contributed by atoms with van der Waals surface area (Å²) >= 11 is 0. The molecule has 9 nitrogen and oxygen atoms in total. The summed E-state index contributed by atoms with van der Waals surface area (Å²) in [6.07, 6.45) is 0. The number of methoxy groups -OCH3 is 1. The lowest BCUT2D eigenvalue weighted by molar-refractivity contribution is 0.415. The predicted octanol–water partition coefficient (Wildman–Crippen LogP) is 3.25. The fraction of sp³-hybridized carbons (Fsp3) is 0.227. The summed E-state index contributed by atoms with van der Waals surface area (Å²) in [7, 11) is 1.62. The van der Waals surface area contributed by atoms with E-state index in [1.165, 1.54) is 5.56 Å². The lowest BCUT2D eigenvalue weighted by Gasteiger charge is -2.28. The maximum absolute atomic E-state index is 12.7. The van der Waals surface area contributed by atoms with Gasteiger partial charge in [0.2, 0.25) is 5.95 Å². The Morgan fingerprint density at radius 2 is 1.81 bits per heavy atom. The van der Waals surface area contributed by atoms with Crippen molar-refractivity contribution < 1.29 is 4.74 Å². The van der Waals surface area contributed by atoms with Gasteiger partial charge in [-0.05, 0) is 51.7 Å². The zero-order valence-corrected chi connectivity index (χ0v) is 17.3. The second-order valence-corrected chi connectivity index (χ2v) is 7.71. The molecule has 1 aliphatic rings. The molecule has 0 aliphatic carbocycles. The number of H-pyrrole nitrogens is 1. The first-order chi connectivity index (χ1) is 15.1. The third-order valence-corrected chi connectivity index (χ3v) is 5.55. The zero-order valence-electron chi connectivity index (χ0n) is 17.3. The van der Waals surface area contributed by atoms with E-state index in [9.17, 15) is 4.79 Å². The van der Waals surface area contributed by atoms with Crippen LogP contribution in [-0.2, 0) is 0 Å². The molecular weight excluding hydrogens is 394 g/mol. The van der Waals surface area contributed by atoms with Crippen LogP contribution >= 0.6 is 0 Å². The largest absolute Gasteiger partial charge is 0.497 e. The van der Waals surface area contributed by atoms with E-state index in [4.69, 9.17) is 4.74 Å². The third-order valence-electron chi connectivity index (χ3n) is 5.55. The number of ether oxygens (including phenoxy) is 1. The number of aromatic amines is 1. The fourth-order valence-electron chi connectivity index (χ4n) is 3.88. The Morgan fingerprint density at radius 3 is 2.48 bits per heavy atom. The minimum atomic E-state index is -0.408. The van der Waals surface area contributed by atoms with Crippen molar-refractivity contribution in [3.63, 3.8) is 0 Å². The number of hydrogen-bond donors (Lipinski definition) is 2. The number of fused-ring (bicyclic) bond motifs is 2. The molecule has 2 aromatic heterocycles. The molecule has 4 aromatic rings. The molecule has 156 valence electrons. The number of aromatic nitrogens is 6. The maximum atomic E-state index is 12.7. The van der Waals surface area contributed by atoms with Crippen LogP contribution in [-0.4, -0.2) is 37.5 Å². The number of rotatable bonds is 4. The second kappa shape index (κ2) is 7.35. The van der Waals surface area contributed by atoms with Gasteiger partial charge in [-0.2, -0.15) is 9.78 Å². The number of hydrogen-bond acceptors (Lipinski definition) is 7. The van der Waals surface area contributed by atoms with Crippen LogP contribution in [0.4, 0.5) is 11.6 Å². The van der Waals surface area contributed by atoms with Crippen LogP contribution < -0.4 is 15.6 Å². The van der Waals surface area contributed by atoms with Crippen LogP contribution in [0.5, 0.6) is 5.75 Å². The van der Waals surface area contributed by atoms with E-state index in [-0.39, 0.29) is 5.56 Å². The summed E-state index contributed by atoms with van der Waals surface area (Å²) in [6.45, 7) is 4.30. The van der Waals surface area contributed by atoms with Crippen LogP contribution in [0.25, 0.3) is 11.3 Å². The highest BCUT2D eigenvalue weighted by atomic mass is 16.5. The van der Waals surface area contributed by atoms with Gasteiger partial charge in [0.25, 0.3) is 5.56 Å². The number of tetrazole rings is 1. The van der Waals surface area contributed by atoms with E-state index >= 15 is 0 Å². The molecule has 0 unspecified atom stereocenters. The highest BCUT2D eigenvalue weighted by Crippen LogP contribution is 2.41. The molecule has 1 atom stereocenters. The van der Waals surface area contributed by atoms with Gasteiger partial charge in [0, 0.05) is 11.1 Å². The lowest BCUT2D eigenvalue weighted by atomic mass is 9.91. The maximum Gasteiger partial charge on any atom is 0.288 e. The standard InChI is InChI=1S/C22H21N7O2/c1-12(2)13-4-6-15(7-5-13)20-17-18(14-8-10-16(31-3)11-9-14)24-25-21(30)19(17)23-22-26-27-28-29(20)22/h4-12,20H,1-3H3,(H,25,30)(H,23,26,28)/t20-/m0/s1. The minimum Gasteiger partial charge on any atom is -0.497 e. The number of nitrogens with one attached hydrogen (secondary N) is 2. The van der Waals surface area contributed by atoms with Gasteiger partial charge >= 0.3 is 0 Å². The smallest absolute Gasteiger partial charge is 0.288 e. The van der Waals surface area contributed by atoms with Crippen molar-refractivity contribution in [3.8, 4) is 17.0 Å². The van der Waals surface area contributed by atoms with Crippen molar-refractivity contribution in [1.29, 1.82) is 0 Å². The van der Waals surface area contributed by atoms with Crippen LogP contribution in [0, 0.1) is 0 Å². The first-order valence-electron chi connectivity index (χ1n) is 9.98. The van der Waals surface area contributed by atoms with Gasteiger partial charge in [0.05, 0.1) is 12.8 Å². The van der Waals surface area contributed by atoms with Crippen molar-refractivity contribution in [1.82, 2.24) is 30.4 Å². The molecule has 0 saturated carbocycles. The van der Waals surface area contributed by atoms with Gasteiger partial charge in [-0.25, -0.2) is 5.10 Å². The highest BCUT2D eigenvalue weighted by Gasteiger charge is 2.34. The van der Waals surface area contributed by atoms with Gasteiger partial charge in [-0.15, -0.1) is 0 Å². The average molecular weight is 415 g/mol. The Bertz CT molecular complexity index is 1290. The first kappa shape index (κ1) is 19.0. The van der Waals surface area contributed by atoms with E-state index in [1.54, 1.807) is 11.8 Å². The van der Waals surface area contributed by atoms with Crippen LogP contribution in [0.15, 0.2) is 53.3 Å². The van der Waals surface area contributed by atoms with Crippen LogP contribution in [0.3, 0.4) is 0 Å². The van der Waals surface area contributed by atoms with E-state index < -0.39 is 6.04 Å². The molecular formula is C22H21N7O2. The summed E-state index contributed by atoms with van der Waals surface area (Å²) in [4.78, 5) is 12.7. The minimum absolute atomic E-state index is 0.328. The second-order valence-electron chi connectivity index (χ2n) is 7.71. The number of anilines is 2. The van der Waals surface area contributed by atoms with Crippen molar-refractivity contribution in [2.24, 2.45) is 0 Å². The first-order valence-corrected chi connectivity index (χ1v) is 9.98. The fourth-order valence-corrected chi connectivity index (χ4v) is 3.88. The molecule has 31 heavy (non-hydrogen) atoms. The summed E-state index contributed by atoms with van der Waals surface area (Å²) in [5.41, 5.74) is 4.45. The van der Waals surface area contributed by atoms with Crippen LogP contribution in [0.2, 0.25) is 0 Å². The number of benzene rings is 2. The van der Waals surface area contributed by atoms with Crippen molar-refractivity contribution >= 4 is 11.6 Å². The molecule has 0 fully saturated rings. The van der Waals surface area contributed by atoms with Crippen molar-refractivity contribution in [2.45, 2.75) is 25.8 Å². The molecule has 0 bridgehead atoms. The van der Waals surface area contributed by atoms with E-state index in [1.807, 2.05) is 24.3 Å². The summed E-state index contributed by atoms with van der Waals surface area (Å²) < 4.78 is 6.95. The summed E-state index contributed by atoms with van der Waals surface area (Å²) in [6, 6.07) is 15.4. The monoisotopic (exact) mass is 415 g/mol. The van der Waals surface area contributed by atoms with E-state index in [0.29, 0.717) is 28.8 Å². The molecule has 0 radical (unpaired) electrons.